The van der Waals surface area contributed by atoms with Crippen LogP contribution in [0.2, 0.25) is 0 Å². The molecule has 140 valence electrons. The highest BCUT2D eigenvalue weighted by Crippen LogP contribution is 2.42. The molecule has 0 radical (unpaired) electrons. The minimum atomic E-state index is -2.68. The van der Waals surface area contributed by atoms with Gasteiger partial charge in [-0.25, -0.2) is 8.51 Å². The lowest BCUT2D eigenvalue weighted by atomic mass is 10.1. The predicted molar refractivity (Wildman–Crippen MR) is 115 cm³/mol. The van der Waals surface area contributed by atoms with Crippen LogP contribution >= 0.6 is 31.9 Å². The summed E-state index contributed by atoms with van der Waals surface area (Å²) in [5.74, 6) is 2.65. The fourth-order valence-corrected chi connectivity index (χ4v) is 7.93. The first kappa shape index (κ1) is 19.8. The number of piperazine rings is 1. The number of terminal acetylenes is 1. The Morgan fingerprint density at radius 1 is 1.27 bits per heavy atom. The standard InChI is InChI=1S/C17H20Br2N4O2S/c1-3-13-10-14(20-24)11-15-17(13)23(5-4-18)16(12-19)26(15,25)22-8-6-21(2)7-9-22/h1,10-11H,4-9,12H2,2H3. The molecule has 0 N–H and O–H groups in total. The van der Waals surface area contributed by atoms with E-state index in [1.807, 2.05) is 9.21 Å². The average Bonchev–Trinajstić information content (AvgIpc) is 2.90. The summed E-state index contributed by atoms with van der Waals surface area (Å²) in [7, 11) is -0.619. The van der Waals surface area contributed by atoms with Gasteiger partial charge in [0.25, 0.3) is 0 Å². The van der Waals surface area contributed by atoms with Gasteiger partial charge < -0.3 is 9.80 Å². The summed E-state index contributed by atoms with van der Waals surface area (Å²) in [6.07, 6.45) is 5.71. The normalized spacial score (nSPS) is 23.8. The van der Waals surface area contributed by atoms with E-state index in [4.69, 9.17) is 6.42 Å². The third kappa shape index (κ3) is 3.12. The third-order valence-corrected chi connectivity index (χ3v) is 9.02. The average molecular weight is 504 g/mol. The van der Waals surface area contributed by atoms with Crippen LogP contribution in [0.4, 0.5) is 11.4 Å². The summed E-state index contributed by atoms with van der Waals surface area (Å²) >= 11 is 7.02. The molecule has 1 atom stereocenters. The zero-order chi connectivity index (χ0) is 18.9. The van der Waals surface area contributed by atoms with Crippen molar-refractivity contribution in [1.82, 2.24) is 9.21 Å². The van der Waals surface area contributed by atoms with Gasteiger partial charge in [0.05, 0.1) is 31.2 Å². The molecular formula is C17H20Br2N4O2S. The van der Waals surface area contributed by atoms with Crippen LogP contribution in [0.25, 0.3) is 0 Å². The summed E-state index contributed by atoms with van der Waals surface area (Å²) < 4.78 is 16.5. The fraction of sp³-hybridized carbons (Fsp3) is 0.471. The van der Waals surface area contributed by atoms with Gasteiger partial charge in [0.2, 0.25) is 0 Å². The number of nitroso groups, excluding NO2 is 1. The lowest BCUT2D eigenvalue weighted by Crippen LogP contribution is -2.49. The Kier molecular flexibility index (Phi) is 6.09. The summed E-state index contributed by atoms with van der Waals surface area (Å²) in [4.78, 5) is 16.8. The largest absolute Gasteiger partial charge is 0.333 e. The molecule has 0 amide bonds. The molecule has 9 heteroatoms. The van der Waals surface area contributed by atoms with Crippen molar-refractivity contribution in [3.63, 3.8) is 0 Å². The lowest BCUT2D eigenvalue weighted by Gasteiger charge is -2.34. The molecule has 3 rings (SSSR count). The maximum absolute atomic E-state index is 14.4. The van der Waals surface area contributed by atoms with Crippen molar-refractivity contribution in [2.24, 2.45) is 5.18 Å². The van der Waals surface area contributed by atoms with E-state index < -0.39 is 9.71 Å². The van der Waals surface area contributed by atoms with Crippen LogP contribution in [0.5, 0.6) is 0 Å². The van der Waals surface area contributed by atoms with E-state index in [-0.39, 0.29) is 5.69 Å². The van der Waals surface area contributed by atoms with Crippen LogP contribution in [0.3, 0.4) is 0 Å². The van der Waals surface area contributed by atoms with Gasteiger partial charge in [0, 0.05) is 38.1 Å². The van der Waals surface area contributed by atoms with Crippen LogP contribution in [-0.2, 0) is 9.71 Å². The van der Waals surface area contributed by atoms with Gasteiger partial charge in [0.15, 0.2) is 0 Å². The van der Waals surface area contributed by atoms with Crippen molar-refractivity contribution < 1.29 is 4.21 Å². The Labute approximate surface area is 171 Å². The molecule has 2 aliphatic rings. The quantitative estimate of drug-likeness (QED) is 0.268. The smallest absolute Gasteiger partial charge is 0.110 e. The van der Waals surface area contributed by atoms with Crippen molar-refractivity contribution in [3.8, 4) is 12.3 Å². The fourth-order valence-electron chi connectivity index (χ4n) is 3.45. The van der Waals surface area contributed by atoms with E-state index in [2.05, 4.69) is 54.9 Å². The SMILES string of the molecule is C#Cc1cc(N=O)cc2c1N(CCBr)C(CBr)=S2(=O)N1CCN(C)CC1. The van der Waals surface area contributed by atoms with Gasteiger partial charge in [-0.3, -0.25) is 0 Å². The van der Waals surface area contributed by atoms with Crippen LogP contribution < -0.4 is 4.90 Å². The van der Waals surface area contributed by atoms with E-state index in [0.29, 0.717) is 40.8 Å². The van der Waals surface area contributed by atoms with E-state index in [1.165, 1.54) is 0 Å². The van der Waals surface area contributed by atoms with Crippen molar-refractivity contribution in [2.75, 3.05) is 55.3 Å². The van der Waals surface area contributed by atoms with E-state index in [0.717, 1.165) is 23.8 Å². The molecule has 2 heterocycles. The second-order valence-corrected chi connectivity index (χ2v) is 10.0. The lowest BCUT2D eigenvalue weighted by molar-refractivity contribution is 0.228. The highest BCUT2D eigenvalue weighted by atomic mass is 79.9. The maximum atomic E-state index is 14.4. The summed E-state index contributed by atoms with van der Waals surface area (Å²) in [5.41, 5.74) is 1.53. The highest BCUT2D eigenvalue weighted by molar-refractivity contribution is 9.09. The number of benzene rings is 1. The second kappa shape index (κ2) is 7.98. The van der Waals surface area contributed by atoms with E-state index in [9.17, 15) is 9.12 Å². The zero-order valence-corrected chi connectivity index (χ0v) is 18.4. The Balaban J connectivity index is 2.28. The Bertz CT molecular complexity index is 881. The van der Waals surface area contributed by atoms with E-state index in [1.54, 1.807) is 12.1 Å². The van der Waals surface area contributed by atoms with Crippen molar-refractivity contribution in [3.05, 3.63) is 22.6 Å². The minimum absolute atomic E-state index is 0.216. The van der Waals surface area contributed by atoms with Gasteiger partial charge >= 0.3 is 0 Å². The first-order chi connectivity index (χ1) is 12.5. The molecule has 0 saturated carbocycles. The van der Waals surface area contributed by atoms with Gasteiger partial charge in [0.1, 0.15) is 10.7 Å². The molecule has 2 aliphatic heterocycles. The molecule has 1 aromatic rings. The molecule has 1 aromatic carbocycles. The number of likely N-dealkylation sites (N-methyl/N-ethyl adjacent to an activating group) is 1. The maximum Gasteiger partial charge on any atom is 0.110 e. The molecule has 0 aliphatic carbocycles. The van der Waals surface area contributed by atoms with Crippen LogP contribution in [0, 0.1) is 17.3 Å². The highest BCUT2D eigenvalue weighted by Gasteiger charge is 2.40. The first-order valence-corrected chi connectivity index (χ1v) is 12.0. The molecule has 6 nitrogen and oxygen atoms in total. The van der Waals surface area contributed by atoms with Crippen molar-refractivity contribution in [1.29, 1.82) is 0 Å². The molecule has 1 saturated heterocycles. The van der Waals surface area contributed by atoms with Gasteiger partial charge in [-0.1, -0.05) is 37.8 Å². The summed E-state index contributed by atoms with van der Waals surface area (Å²) in [5, 5.41) is 4.23. The zero-order valence-electron chi connectivity index (χ0n) is 14.5. The number of hydrogen-bond acceptors (Lipinski definition) is 5. The predicted octanol–water partition coefficient (Wildman–Crippen LogP) is 2.61. The Hall–Kier alpha value is -0.920. The van der Waals surface area contributed by atoms with E-state index >= 15 is 0 Å². The number of rotatable bonds is 5. The Morgan fingerprint density at radius 2 is 1.96 bits per heavy atom. The number of halogens is 2. The van der Waals surface area contributed by atoms with Gasteiger partial charge in [-0.05, 0) is 24.4 Å². The molecule has 0 bridgehead atoms. The Morgan fingerprint density at radius 3 is 2.50 bits per heavy atom. The third-order valence-electron chi connectivity index (χ3n) is 4.76. The summed E-state index contributed by atoms with van der Waals surface area (Å²) in [6.45, 7) is 3.71. The molecule has 1 unspecified atom stereocenters. The molecule has 26 heavy (non-hydrogen) atoms. The van der Waals surface area contributed by atoms with Gasteiger partial charge in [-0.2, -0.15) is 0 Å². The van der Waals surface area contributed by atoms with Crippen LogP contribution in [0.15, 0.2) is 22.2 Å². The molecular weight excluding hydrogens is 484 g/mol. The summed E-state index contributed by atoms with van der Waals surface area (Å²) in [6, 6.07) is 3.23. The van der Waals surface area contributed by atoms with Gasteiger partial charge in [-0.15, -0.1) is 11.3 Å². The van der Waals surface area contributed by atoms with Crippen molar-refractivity contribution in [2.45, 2.75) is 4.90 Å². The number of fused-ring (bicyclic) bond motifs is 1. The minimum Gasteiger partial charge on any atom is -0.333 e. The molecule has 0 aromatic heterocycles. The number of anilines is 1. The monoisotopic (exact) mass is 502 g/mol. The number of hydrogen-bond donors (Lipinski definition) is 0. The van der Waals surface area contributed by atoms with Crippen molar-refractivity contribution >= 4 is 57.9 Å². The number of alkyl halides is 2. The van der Waals surface area contributed by atoms with Crippen LogP contribution in [-0.4, -0.2) is 68.8 Å². The topological polar surface area (TPSA) is 56.2 Å². The molecule has 0 spiro atoms. The number of nitrogens with zero attached hydrogens (tertiary/aromatic N) is 4. The second-order valence-electron chi connectivity index (χ2n) is 6.20. The molecule has 1 fully saturated rings. The first-order valence-electron chi connectivity index (χ1n) is 8.22. The van der Waals surface area contributed by atoms with Crippen LogP contribution in [0.1, 0.15) is 5.56 Å².